The van der Waals surface area contributed by atoms with Crippen LogP contribution < -0.4 is 0 Å². The molecule has 1 N–H and O–H groups in total. The number of rotatable bonds is 5. The first-order valence-corrected chi connectivity index (χ1v) is 4.57. The molecule has 0 amide bonds. The lowest BCUT2D eigenvalue weighted by Gasteiger charge is -2.18. The van der Waals surface area contributed by atoms with Crippen molar-refractivity contribution in [3.8, 4) is 0 Å². The number of hydrogen-bond donors (Lipinski definition) is 4. The molecule has 0 aliphatic carbocycles. The zero-order chi connectivity index (χ0) is 8.85. The van der Waals surface area contributed by atoms with Gasteiger partial charge < -0.3 is 5.11 Å². The van der Waals surface area contributed by atoms with Crippen LogP contribution in [-0.4, -0.2) is 39.4 Å². The van der Waals surface area contributed by atoms with Gasteiger partial charge in [0.2, 0.25) is 0 Å². The highest BCUT2D eigenvalue weighted by Gasteiger charge is 2.05. The van der Waals surface area contributed by atoms with Gasteiger partial charge in [0.1, 0.15) is 0 Å². The molecule has 0 aliphatic rings. The Morgan fingerprint density at radius 3 is 2.27 bits per heavy atom. The minimum atomic E-state index is -0.788. The Morgan fingerprint density at radius 1 is 1.36 bits per heavy atom. The van der Waals surface area contributed by atoms with Gasteiger partial charge in [0, 0.05) is 13.1 Å². The molecular formula is C5H14N2OS3. The summed E-state index contributed by atoms with van der Waals surface area (Å²) in [7, 11) is 1.88. The Morgan fingerprint density at radius 2 is 1.91 bits per heavy atom. The van der Waals surface area contributed by atoms with Crippen molar-refractivity contribution in [2.24, 2.45) is 0 Å². The third kappa shape index (κ3) is 7.30. The highest BCUT2D eigenvalue weighted by Crippen LogP contribution is 2.04. The van der Waals surface area contributed by atoms with E-state index in [4.69, 9.17) is 5.11 Å². The second-order valence-corrected chi connectivity index (χ2v) is 3.90. The standard InChI is InChI=1S/C5H14N2OS3/c1-6(10)3-2-4-7(11)5(8)9/h5,8-11H,2-4H2,1H3. The van der Waals surface area contributed by atoms with Crippen molar-refractivity contribution in [2.75, 3.05) is 20.1 Å². The average molecular weight is 214 g/mol. The topological polar surface area (TPSA) is 26.7 Å². The Balaban J connectivity index is 3.24. The van der Waals surface area contributed by atoms with Crippen molar-refractivity contribution in [3.05, 3.63) is 0 Å². The van der Waals surface area contributed by atoms with Gasteiger partial charge in [-0.15, -0.1) is 12.6 Å². The molecule has 11 heavy (non-hydrogen) atoms. The van der Waals surface area contributed by atoms with Crippen molar-refractivity contribution < 1.29 is 5.11 Å². The van der Waals surface area contributed by atoms with Crippen molar-refractivity contribution in [1.29, 1.82) is 0 Å². The maximum absolute atomic E-state index is 8.87. The van der Waals surface area contributed by atoms with E-state index in [-0.39, 0.29) is 0 Å². The Labute approximate surface area is 84.2 Å². The molecule has 0 fully saturated rings. The van der Waals surface area contributed by atoms with E-state index in [1.54, 1.807) is 4.31 Å². The van der Waals surface area contributed by atoms with Crippen LogP contribution in [0.2, 0.25) is 0 Å². The molecule has 6 heteroatoms. The Kier molecular flexibility index (Phi) is 6.99. The summed E-state index contributed by atoms with van der Waals surface area (Å²) in [5, 5.41) is 8.87. The first kappa shape index (κ1) is 11.9. The zero-order valence-corrected chi connectivity index (χ0v) is 9.07. The third-order valence-corrected chi connectivity index (χ3v) is 2.22. The van der Waals surface area contributed by atoms with Gasteiger partial charge in [0.25, 0.3) is 0 Å². The van der Waals surface area contributed by atoms with E-state index in [9.17, 15) is 0 Å². The monoisotopic (exact) mass is 214 g/mol. The molecule has 0 spiro atoms. The highest BCUT2D eigenvalue weighted by atomic mass is 32.1. The van der Waals surface area contributed by atoms with Gasteiger partial charge in [0.05, 0.1) is 0 Å². The summed E-state index contributed by atoms with van der Waals surface area (Å²) < 4.78 is 3.24. The van der Waals surface area contributed by atoms with E-state index in [1.165, 1.54) is 4.31 Å². The van der Waals surface area contributed by atoms with E-state index in [1.807, 2.05) is 7.05 Å². The van der Waals surface area contributed by atoms with Crippen LogP contribution in [0, 0.1) is 0 Å². The lowest BCUT2D eigenvalue weighted by Crippen LogP contribution is -2.24. The van der Waals surface area contributed by atoms with Crippen molar-refractivity contribution in [2.45, 2.75) is 12.0 Å². The van der Waals surface area contributed by atoms with Gasteiger partial charge in [-0.25, -0.2) is 4.31 Å². The van der Waals surface area contributed by atoms with E-state index >= 15 is 0 Å². The Bertz CT molecular complexity index is 102. The van der Waals surface area contributed by atoms with Crippen LogP contribution in [-0.2, 0) is 0 Å². The van der Waals surface area contributed by atoms with Crippen LogP contribution in [0.5, 0.6) is 0 Å². The van der Waals surface area contributed by atoms with E-state index in [0.29, 0.717) is 6.54 Å². The molecule has 0 aliphatic heterocycles. The predicted octanol–water partition coefficient (Wildman–Crippen LogP) is 0.506. The van der Waals surface area contributed by atoms with E-state index < -0.39 is 5.56 Å². The molecule has 1 atom stereocenters. The fraction of sp³-hybridized carbons (Fsp3) is 1.00. The van der Waals surface area contributed by atoms with Crippen LogP contribution in [0.15, 0.2) is 0 Å². The van der Waals surface area contributed by atoms with Crippen LogP contribution >= 0.6 is 38.3 Å². The molecule has 0 heterocycles. The summed E-state index contributed by atoms with van der Waals surface area (Å²) in [6.07, 6.45) is 0.904. The van der Waals surface area contributed by atoms with Crippen LogP contribution in [0.3, 0.4) is 0 Å². The number of aliphatic hydroxyl groups is 1. The number of thiol groups is 3. The Hall–Kier alpha value is 0.930. The van der Waals surface area contributed by atoms with Gasteiger partial charge in [-0.3, -0.25) is 4.31 Å². The molecular weight excluding hydrogens is 200 g/mol. The fourth-order valence-corrected chi connectivity index (χ4v) is 0.975. The number of hydrogen-bond acceptors (Lipinski definition) is 6. The molecule has 0 rings (SSSR count). The third-order valence-electron chi connectivity index (χ3n) is 1.14. The molecule has 0 bridgehead atoms. The first-order valence-electron chi connectivity index (χ1n) is 3.25. The van der Waals surface area contributed by atoms with Crippen molar-refractivity contribution in [1.82, 2.24) is 8.61 Å². The SMILES string of the molecule is CN(S)CCCN(S)C(O)S. The van der Waals surface area contributed by atoms with Gasteiger partial charge in [-0.1, -0.05) is 25.6 Å². The van der Waals surface area contributed by atoms with Gasteiger partial charge in [-0.05, 0) is 13.5 Å². The maximum atomic E-state index is 8.87. The average Bonchev–Trinajstić information content (AvgIpc) is 1.86. The normalized spacial score (nSPS) is 14.5. The highest BCUT2D eigenvalue weighted by molar-refractivity contribution is 7.83. The minimum absolute atomic E-state index is 0.693. The van der Waals surface area contributed by atoms with E-state index in [0.717, 1.165) is 13.0 Å². The van der Waals surface area contributed by atoms with E-state index in [2.05, 4.69) is 38.3 Å². The summed E-state index contributed by atoms with van der Waals surface area (Å²) in [6.45, 7) is 1.55. The van der Waals surface area contributed by atoms with Crippen LogP contribution in [0.1, 0.15) is 6.42 Å². The molecule has 0 aromatic carbocycles. The second kappa shape index (κ2) is 6.45. The lowest BCUT2D eigenvalue weighted by atomic mass is 10.4. The summed E-state index contributed by atoms with van der Waals surface area (Å²) in [5.74, 6) is 0. The molecule has 0 saturated carbocycles. The van der Waals surface area contributed by atoms with Gasteiger partial charge in [0.15, 0.2) is 5.56 Å². The van der Waals surface area contributed by atoms with Gasteiger partial charge >= 0.3 is 0 Å². The summed E-state index contributed by atoms with van der Waals surface area (Å²) in [4.78, 5) is 0. The summed E-state index contributed by atoms with van der Waals surface area (Å²) in [6, 6.07) is 0. The smallest absolute Gasteiger partial charge is 0.161 e. The maximum Gasteiger partial charge on any atom is 0.161 e. The van der Waals surface area contributed by atoms with Crippen LogP contribution in [0.25, 0.3) is 0 Å². The minimum Gasteiger partial charge on any atom is -0.368 e. The lowest BCUT2D eigenvalue weighted by molar-refractivity contribution is 0.156. The molecule has 68 valence electrons. The molecule has 0 aromatic heterocycles. The molecule has 0 radical (unpaired) electrons. The summed E-state index contributed by atoms with van der Waals surface area (Å²) >= 11 is 11.8. The number of aliphatic hydroxyl groups excluding tert-OH is 1. The molecule has 0 saturated heterocycles. The molecule has 1 unspecified atom stereocenters. The van der Waals surface area contributed by atoms with Crippen molar-refractivity contribution >= 4 is 38.3 Å². The molecule has 0 aromatic rings. The quantitative estimate of drug-likeness (QED) is 0.397. The second-order valence-electron chi connectivity index (χ2n) is 2.24. The fourth-order valence-electron chi connectivity index (χ4n) is 0.577. The largest absolute Gasteiger partial charge is 0.368 e. The predicted molar refractivity (Wildman–Crippen MR) is 56.9 cm³/mol. The van der Waals surface area contributed by atoms with Crippen molar-refractivity contribution in [3.63, 3.8) is 0 Å². The van der Waals surface area contributed by atoms with Crippen LogP contribution in [0.4, 0.5) is 0 Å². The molecule has 3 nitrogen and oxygen atoms in total. The number of nitrogens with zero attached hydrogens (tertiary/aromatic N) is 2. The first-order chi connectivity index (χ1) is 5.04. The zero-order valence-electron chi connectivity index (χ0n) is 6.38. The van der Waals surface area contributed by atoms with Gasteiger partial charge in [-0.2, -0.15) is 0 Å². The summed E-state index contributed by atoms with van der Waals surface area (Å²) in [5.41, 5.74) is -0.788.